The molecule has 0 aromatic heterocycles. The minimum absolute atomic E-state index is 0.131. The van der Waals surface area contributed by atoms with Crippen LogP contribution in [0.2, 0.25) is 0 Å². The quantitative estimate of drug-likeness (QED) is 0.154. The van der Waals surface area contributed by atoms with E-state index < -0.39 is 0 Å². The van der Waals surface area contributed by atoms with Crippen LogP contribution in [-0.4, -0.2) is 73.6 Å². The summed E-state index contributed by atoms with van der Waals surface area (Å²) in [4.78, 5) is 40.4. The maximum atomic E-state index is 13.7. The molecule has 4 heterocycles. The molecule has 4 aromatic carbocycles. The number of hydrogen-bond acceptors (Lipinski definition) is 8. The van der Waals surface area contributed by atoms with E-state index in [1.165, 1.54) is 11.1 Å². The lowest BCUT2D eigenvalue weighted by molar-refractivity contribution is 0.0809. The molecule has 0 unspecified atom stereocenters. The van der Waals surface area contributed by atoms with Gasteiger partial charge in [-0.25, -0.2) is 0 Å². The Morgan fingerprint density at radius 3 is 1.66 bits per heavy atom. The largest absolute Gasteiger partial charge is 0.493 e. The highest BCUT2D eigenvalue weighted by Gasteiger charge is 2.35. The van der Waals surface area contributed by atoms with E-state index in [1.54, 1.807) is 48.3 Å². The molecule has 0 spiro atoms. The molecule has 0 saturated carbocycles. The average molecular weight is 709 g/mol. The summed E-state index contributed by atoms with van der Waals surface area (Å²) in [6.45, 7) is 4.76. The van der Waals surface area contributed by atoms with Crippen molar-refractivity contribution in [2.75, 3.05) is 27.4 Å². The number of methoxy groups -OCH3 is 2. The molecule has 268 valence electrons. The number of carbonyl (C=O) groups is 2. The summed E-state index contributed by atoms with van der Waals surface area (Å²) < 4.78 is 23.5. The number of benzene rings is 4. The number of amides is 2. The van der Waals surface area contributed by atoms with Crippen LogP contribution in [-0.2, 0) is 0 Å². The van der Waals surface area contributed by atoms with Gasteiger partial charge in [-0.2, -0.15) is 0 Å². The van der Waals surface area contributed by atoms with E-state index in [4.69, 9.17) is 28.9 Å². The van der Waals surface area contributed by atoms with Crippen molar-refractivity contribution >= 4 is 46.8 Å². The van der Waals surface area contributed by atoms with Crippen LogP contribution in [0, 0.1) is 13.8 Å². The minimum Gasteiger partial charge on any atom is -0.493 e. The topological polar surface area (TPSA) is 102 Å². The predicted octanol–water partition coefficient (Wildman–Crippen LogP) is 8.11. The second-order valence-corrected chi connectivity index (χ2v) is 13.7. The number of aryl methyl sites for hydroxylation is 2. The van der Waals surface area contributed by atoms with Crippen LogP contribution in [0.1, 0.15) is 62.2 Å². The molecule has 4 aliphatic rings. The number of rotatable bonds is 10. The zero-order valence-corrected chi connectivity index (χ0v) is 30.2. The summed E-state index contributed by atoms with van der Waals surface area (Å²) >= 11 is 0. The van der Waals surface area contributed by atoms with E-state index in [-0.39, 0.29) is 23.9 Å². The molecule has 10 nitrogen and oxygen atoms in total. The smallest absolute Gasteiger partial charge is 0.260 e. The highest BCUT2D eigenvalue weighted by Crippen LogP contribution is 2.42. The number of aliphatic imine (C=N–C) groups is 2. The Hall–Kier alpha value is -6.16. The van der Waals surface area contributed by atoms with Crippen molar-refractivity contribution in [1.82, 2.24) is 9.80 Å². The number of hydrogen-bond donors (Lipinski definition) is 0. The van der Waals surface area contributed by atoms with E-state index in [0.717, 1.165) is 22.3 Å². The molecular weight excluding hydrogens is 668 g/mol. The summed E-state index contributed by atoms with van der Waals surface area (Å²) in [6, 6.07) is 23.2. The van der Waals surface area contributed by atoms with Crippen LogP contribution in [0.5, 0.6) is 23.0 Å². The lowest BCUT2D eigenvalue weighted by Gasteiger charge is -2.19. The Morgan fingerprint density at radius 1 is 0.623 bits per heavy atom. The lowest BCUT2D eigenvalue weighted by atomic mass is 10.0. The summed E-state index contributed by atoms with van der Waals surface area (Å²) in [5.74, 6) is 1.62. The van der Waals surface area contributed by atoms with Gasteiger partial charge in [0.1, 0.15) is 0 Å². The SMILES string of the molecule is COc1cc2c(cc1OCCCOc1cc3c(cc1OC)C(=O)N1C=C(c4cccc(C)c4)C[C@H]1C=N3)N=C[C@@H]1CC(c3ccc(C)cc3)=CN1C2=O. The van der Waals surface area contributed by atoms with Crippen molar-refractivity contribution in [3.05, 3.63) is 119 Å². The van der Waals surface area contributed by atoms with Gasteiger partial charge in [-0.05, 0) is 48.3 Å². The van der Waals surface area contributed by atoms with Gasteiger partial charge in [-0.1, -0.05) is 59.7 Å². The van der Waals surface area contributed by atoms with Crippen LogP contribution in [0.4, 0.5) is 11.4 Å². The molecule has 0 bridgehead atoms. The number of ether oxygens (including phenoxy) is 4. The second kappa shape index (κ2) is 14.1. The van der Waals surface area contributed by atoms with Gasteiger partial charge in [0.05, 0.1) is 62.0 Å². The molecule has 53 heavy (non-hydrogen) atoms. The van der Waals surface area contributed by atoms with Crippen LogP contribution < -0.4 is 18.9 Å². The second-order valence-electron chi connectivity index (χ2n) is 13.7. The van der Waals surface area contributed by atoms with Gasteiger partial charge < -0.3 is 28.7 Å². The third-order valence-corrected chi connectivity index (χ3v) is 10.0. The first-order valence-corrected chi connectivity index (χ1v) is 17.8. The lowest BCUT2D eigenvalue weighted by Crippen LogP contribution is -2.32. The summed E-state index contributed by atoms with van der Waals surface area (Å²) in [5.41, 5.74) is 8.76. The van der Waals surface area contributed by atoms with Crippen molar-refractivity contribution in [1.29, 1.82) is 0 Å². The molecular formula is C43H40N4O6. The number of nitrogens with zero attached hydrogens (tertiary/aromatic N) is 4. The molecule has 0 radical (unpaired) electrons. The normalized spacial score (nSPS) is 18.3. The first-order valence-electron chi connectivity index (χ1n) is 17.8. The zero-order valence-electron chi connectivity index (χ0n) is 30.2. The Morgan fingerprint density at radius 2 is 1.15 bits per heavy atom. The molecule has 0 aliphatic carbocycles. The summed E-state index contributed by atoms with van der Waals surface area (Å²) in [5, 5.41) is 0. The summed E-state index contributed by atoms with van der Waals surface area (Å²) in [7, 11) is 3.11. The van der Waals surface area contributed by atoms with E-state index in [9.17, 15) is 9.59 Å². The van der Waals surface area contributed by atoms with Crippen molar-refractivity contribution < 1.29 is 28.5 Å². The van der Waals surface area contributed by atoms with Gasteiger partial charge in [-0.15, -0.1) is 0 Å². The predicted molar refractivity (Wildman–Crippen MR) is 205 cm³/mol. The maximum absolute atomic E-state index is 13.7. The Balaban J connectivity index is 0.915. The molecule has 2 amide bonds. The van der Waals surface area contributed by atoms with Crippen LogP contribution in [0.3, 0.4) is 0 Å². The highest BCUT2D eigenvalue weighted by molar-refractivity contribution is 6.06. The third kappa shape index (κ3) is 6.57. The Labute approximate surface area is 308 Å². The van der Waals surface area contributed by atoms with Crippen molar-refractivity contribution in [2.45, 2.75) is 45.2 Å². The average Bonchev–Trinajstić information content (AvgIpc) is 3.75. The van der Waals surface area contributed by atoms with Crippen LogP contribution in [0.15, 0.2) is 95.2 Å². The van der Waals surface area contributed by atoms with E-state index in [1.807, 2.05) is 30.9 Å². The Bertz CT molecular complexity index is 2240. The Kier molecular flexibility index (Phi) is 9.04. The summed E-state index contributed by atoms with van der Waals surface area (Å²) in [6.07, 6.45) is 9.46. The molecule has 0 fully saturated rings. The van der Waals surface area contributed by atoms with Gasteiger partial charge in [0.2, 0.25) is 0 Å². The first-order chi connectivity index (χ1) is 25.8. The van der Waals surface area contributed by atoms with Gasteiger partial charge in [0.15, 0.2) is 23.0 Å². The fourth-order valence-electron chi connectivity index (χ4n) is 7.18. The van der Waals surface area contributed by atoms with E-state index in [2.05, 4.69) is 56.3 Å². The first kappa shape index (κ1) is 34.0. The van der Waals surface area contributed by atoms with Crippen molar-refractivity contribution in [3.8, 4) is 23.0 Å². The van der Waals surface area contributed by atoms with Crippen LogP contribution in [0.25, 0.3) is 11.1 Å². The molecule has 10 heteroatoms. The standard InChI is InChI=1S/C43H40N4O6/c1-26-9-11-28(12-10-26)30-16-32-22-44-36-20-40(38(50-3)18-34(36)42(48)46(32)24-30)52-13-6-14-53-41-21-37-35(19-39(41)51-4)43(49)47-25-31(17-33(47)23-45-37)29-8-5-7-27(2)15-29/h5,7-12,15,18-25,32-33H,6,13-14,16-17H2,1-4H3/t32-,33-/m0/s1. The molecule has 2 atom stereocenters. The van der Waals surface area contributed by atoms with Gasteiger partial charge in [-0.3, -0.25) is 19.6 Å². The van der Waals surface area contributed by atoms with Crippen molar-refractivity contribution in [3.63, 3.8) is 0 Å². The van der Waals surface area contributed by atoms with Crippen molar-refractivity contribution in [2.24, 2.45) is 9.98 Å². The molecule has 4 aromatic rings. The van der Waals surface area contributed by atoms with Gasteiger partial charge in [0.25, 0.3) is 11.8 Å². The minimum atomic E-state index is -0.169. The third-order valence-electron chi connectivity index (χ3n) is 10.0. The maximum Gasteiger partial charge on any atom is 0.260 e. The molecule has 0 saturated heterocycles. The van der Waals surface area contributed by atoms with E-state index in [0.29, 0.717) is 78.0 Å². The van der Waals surface area contributed by atoms with Crippen LogP contribution >= 0.6 is 0 Å². The number of carbonyl (C=O) groups excluding carboxylic acids is 2. The molecule has 4 aliphatic heterocycles. The molecule has 8 rings (SSSR count). The fourth-order valence-corrected chi connectivity index (χ4v) is 7.18. The van der Waals surface area contributed by atoms with E-state index >= 15 is 0 Å². The molecule has 0 N–H and O–H groups in total. The van der Waals surface area contributed by atoms with Gasteiger partial charge in [0, 0.05) is 56.2 Å². The van der Waals surface area contributed by atoms with Gasteiger partial charge >= 0.3 is 0 Å². The highest BCUT2D eigenvalue weighted by atomic mass is 16.5. The fraction of sp³-hybridized carbons (Fsp3) is 0.256. The zero-order chi connectivity index (χ0) is 36.6. The number of fused-ring (bicyclic) bond motifs is 4. The monoisotopic (exact) mass is 708 g/mol.